The Balaban J connectivity index is 1.66. The van der Waals surface area contributed by atoms with E-state index in [1.165, 1.54) is 0 Å². The molecule has 158 valence electrons. The molecule has 0 fully saturated rings. The van der Waals surface area contributed by atoms with Crippen LogP contribution in [0.25, 0.3) is 0 Å². The lowest BCUT2D eigenvalue weighted by molar-refractivity contribution is -0.117. The van der Waals surface area contributed by atoms with E-state index in [4.69, 9.17) is 9.47 Å². The Morgan fingerprint density at radius 1 is 0.968 bits per heavy atom. The highest BCUT2D eigenvalue weighted by molar-refractivity contribution is 5.99. The summed E-state index contributed by atoms with van der Waals surface area (Å²) in [5.41, 5.74) is 3.16. The zero-order valence-electron chi connectivity index (χ0n) is 17.5. The summed E-state index contributed by atoms with van der Waals surface area (Å²) in [7, 11) is 3.14. The Morgan fingerprint density at radius 2 is 1.68 bits per heavy atom. The van der Waals surface area contributed by atoms with Crippen LogP contribution in [0.5, 0.6) is 11.5 Å². The van der Waals surface area contributed by atoms with E-state index in [1.54, 1.807) is 25.2 Å². The molecule has 6 heteroatoms. The van der Waals surface area contributed by atoms with E-state index in [0.29, 0.717) is 23.6 Å². The number of amides is 2. The maximum Gasteiger partial charge on any atom is 0.255 e. The molecule has 1 aliphatic rings. The molecule has 1 unspecified atom stereocenters. The van der Waals surface area contributed by atoms with E-state index in [1.807, 2.05) is 66.7 Å². The molecule has 0 aliphatic carbocycles. The largest absolute Gasteiger partial charge is 0.493 e. The van der Waals surface area contributed by atoms with Gasteiger partial charge in [0.1, 0.15) is 0 Å². The normalized spacial score (nSPS) is 13.5. The molecule has 0 bridgehead atoms. The predicted molar refractivity (Wildman–Crippen MR) is 118 cm³/mol. The second-order valence-corrected chi connectivity index (χ2v) is 7.34. The van der Waals surface area contributed by atoms with E-state index in [2.05, 4.69) is 5.32 Å². The standard InChI is InChI=1S/C25H24N2O4/c1-30-22-13-12-17(14-23(22)31-2)21(15-24(28)26-19-9-4-3-5-10-19)27-16-18-8-6-7-11-20(18)25(27)29/h3-14,21H,15-16H2,1-2H3,(H,26,28). The number of anilines is 1. The van der Waals surface area contributed by atoms with Crippen LogP contribution in [-0.2, 0) is 11.3 Å². The van der Waals surface area contributed by atoms with Crippen molar-refractivity contribution in [1.82, 2.24) is 4.90 Å². The van der Waals surface area contributed by atoms with Gasteiger partial charge in [0.05, 0.1) is 26.7 Å². The molecule has 0 spiro atoms. The van der Waals surface area contributed by atoms with Crippen LogP contribution in [0.2, 0.25) is 0 Å². The van der Waals surface area contributed by atoms with Crippen molar-refractivity contribution >= 4 is 17.5 Å². The number of benzene rings is 3. The fourth-order valence-corrected chi connectivity index (χ4v) is 3.91. The van der Waals surface area contributed by atoms with Crippen LogP contribution in [0, 0.1) is 0 Å². The van der Waals surface area contributed by atoms with Gasteiger partial charge in [0.25, 0.3) is 5.91 Å². The summed E-state index contributed by atoms with van der Waals surface area (Å²) in [6, 6.07) is 21.9. The summed E-state index contributed by atoms with van der Waals surface area (Å²) in [5, 5.41) is 2.92. The molecule has 3 aromatic rings. The molecule has 2 amide bonds. The van der Waals surface area contributed by atoms with E-state index < -0.39 is 6.04 Å². The lowest BCUT2D eigenvalue weighted by atomic mass is 10.0. The average Bonchev–Trinajstić information content (AvgIpc) is 3.14. The van der Waals surface area contributed by atoms with Gasteiger partial charge >= 0.3 is 0 Å². The third kappa shape index (κ3) is 4.23. The van der Waals surface area contributed by atoms with Gasteiger partial charge in [-0.2, -0.15) is 0 Å². The van der Waals surface area contributed by atoms with Crippen LogP contribution in [0.15, 0.2) is 72.8 Å². The Morgan fingerprint density at radius 3 is 2.39 bits per heavy atom. The molecular formula is C25H24N2O4. The number of hydrogen-bond donors (Lipinski definition) is 1. The van der Waals surface area contributed by atoms with E-state index in [9.17, 15) is 9.59 Å². The maximum absolute atomic E-state index is 13.2. The number of carbonyl (C=O) groups excluding carboxylic acids is 2. The Bertz CT molecular complexity index is 1100. The van der Waals surface area contributed by atoms with Gasteiger partial charge in [0.15, 0.2) is 11.5 Å². The highest BCUT2D eigenvalue weighted by Crippen LogP contribution is 2.37. The molecule has 0 saturated heterocycles. The summed E-state index contributed by atoms with van der Waals surface area (Å²) in [6.45, 7) is 0.451. The first-order chi connectivity index (χ1) is 15.1. The molecule has 3 aromatic carbocycles. The highest BCUT2D eigenvalue weighted by Gasteiger charge is 2.34. The van der Waals surface area contributed by atoms with Gasteiger partial charge in [-0.3, -0.25) is 9.59 Å². The monoisotopic (exact) mass is 416 g/mol. The average molecular weight is 416 g/mol. The zero-order valence-corrected chi connectivity index (χ0v) is 17.5. The van der Waals surface area contributed by atoms with Gasteiger partial charge < -0.3 is 19.7 Å². The fourth-order valence-electron chi connectivity index (χ4n) is 3.91. The number of nitrogens with one attached hydrogen (secondary N) is 1. The van der Waals surface area contributed by atoms with Gasteiger partial charge in [-0.15, -0.1) is 0 Å². The van der Waals surface area contributed by atoms with E-state index in [0.717, 1.165) is 16.8 Å². The minimum Gasteiger partial charge on any atom is -0.493 e. The first kappa shape index (κ1) is 20.5. The molecule has 1 N–H and O–H groups in total. The maximum atomic E-state index is 13.2. The first-order valence-electron chi connectivity index (χ1n) is 10.1. The SMILES string of the molecule is COc1ccc(C(CC(=O)Nc2ccccc2)N2Cc3ccccc3C2=O)cc1OC. The lowest BCUT2D eigenvalue weighted by Gasteiger charge is -2.28. The number of carbonyl (C=O) groups is 2. The summed E-state index contributed by atoms with van der Waals surface area (Å²) >= 11 is 0. The second kappa shape index (κ2) is 8.92. The molecule has 1 aliphatic heterocycles. The molecule has 0 saturated carbocycles. The third-order valence-corrected chi connectivity index (χ3v) is 5.45. The van der Waals surface area contributed by atoms with Crippen LogP contribution < -0.4 is 14.8 Å². The highest BCUT2D eigenvalue weighted by atomic mass is 16.5. The Kier molecular flexibility index (Phi) is 5.89. The topological polar surface area (TPSA) is 67.9 Å². The lowest BCUT2D eigenvalue weighted by Crippen LogP contribution is -2.32. The summed E-state index contributed by atoms with van der Waals surface area (Å²) < 4.78 is 10.8. The number of ether oxygens (including phenoxy) is 2. The van der Waals surface area contributed by atoms with E-state index >= 15 is 0 Å². The van der Waals surface area contributed by atoms with Crippen LogP contribution >= 0.6 is 0 Å². The molecule has 4 rings (SSSR count). The van der Waals surface area contributed by atoms with Gasteiger partial charge in [-0.25, -0.2) is 0 Å². The minimum atomic E-state index is -0.455. The Hall–Kier alpha value is -3.80. The second-order valence-electron chi connectivity index (χ2n) is 7.34. The molecule has 31 heavy (non-hydrogen) atoms. The van der Waals surface area contributed by atoms with Gasteiger partial charge in [0, 0.05) is 17.8 Å². The van der Waals surface area contributed by atoms with Crippen molar-refractivity contribution in [3.8, 4) is 11.5 Å². The van der Waals surface area contributed by atoms with Gasteiger partial charge in [-0.1, -0.05) is 42.5 Å². The number of rotatable bonds is 7. The van der Waals surface area contributed by atoms with Crippen LogP contribution in [0.3, 0.4) is 0 Å². The molecule has 0 radical (unpaired) electrons. The van der Waals surface area contributed by atoms with Gasteiger partial charge in [0.2, 0.25) is 5.91 Å². The van der Waals surface area contributed by atoms with Crippen molar-refractivity contribution in [2.75, 3.05) is 19.5 Å². The van der Waals surface area contributed by atoms with Crippen LogP contribution in [-0.4, -0.2) is 30.9 Å². The number of methoxy groups -OCH3 is 2. The number of fused-ring (bicyclic) bond motifs is 1. The zero-order chi connectivity index (χ0) is 21.8. The Labute approximate surface area is 181 Å². The van der Waals surface area contributed by atoms with Crippen molar-refractivity contribution in [3.05, 3.63) is 89.5 Å². The van der Waals surface area contributed by atoms with Crippen LogP contribution in [0.1, 0.15) is 33.9 Å². The van der Waals surface area contributed by atoms with E-state index in [-0.39, 0.29) is 18.2 Å². The summed E-state index contributed by atoms with van der Waals surface area (Å²) in [6.07, 6.45) is 0.115. The summed E-state index contributed by atoms with van der Waals surface area (Å²) in [5.74, 6) is 0.894. The smallest absolute Gasteiger partial charge is 0.255 e. The fraction of sp³-hybridized carbons (Fsp3) is 0.200. The predicted octanol–water partition coefficient (Wildman–Crippen LogP) is 4.43. The minimum absolute atomic E-state index is 0.0807. The molecule has 0 aromatic heterocycles. The van der Waals surface area contributed by atoms with Crippen molar-refractivity contribution in [2.45, 2.75) is 19.0 Å². The quantitative estimate of drug-likeness (QED) is 0.619. The van der Waals surface area contributed by atoms with Crippen LogP contribution in [0.4, 0.5) is 5.69 Å². The van der Waals surface area contributed by atoms with Crippen molar-refractivity contribution in [3.63, 3.8) is 0 Å². The van der Waals surface area contributed by atoms with Crippen molar-refractivity contribution in [2.24, 2.45) is 0 Å². The molecule has 6 nitrogen and oxygen atoms in total. The van der Waals surface area contributed by atoms with Crippen molar-refractivity contribution in [1.29, 1.82) is 0 Å². The van der Waals surface area contributed by atoms with Gasteiger partial charge in [-0.05, 0) is 41.5 Å². The number of hydrogen-bond acceptors (Lipinski definition) is 4. The number of para-hydroxylation sites is 1. The molecule has 1 heterocycles. The molecular weight excluding hydrogens is 392 g/mol. The molecule has 1 atom stereocenters. The summed E-state index contributed by atoms with van der Waals surface area (Å²) in [4.78, 5) is 27.8. The number of nitrogens with zero attached hydrogens (tertiary/aromatic N) is 1. The third-order valence-electron chi connectivity index (χ3n) is 5.45. The first-order valence-corrected chi connectivity index (χ1v) is 10.1. The van der Waals surface area contributed by atoms with Crippen molar-refractivity contribution < 1.29 is 19.1 Å².